The predicted molar refractivity (Wildman–Crippen MR) is 58.6 cm³/mol. The lowest BCUT2D eigenvalue weighted by Crippen LogP contribution is -2.33. The van der Waals surface area contributed by atoms with Crippen molar-refractivity contribution in [2.24, 2.45) is 5.84 Å². The standard InChI is InChI=1S/C10H17N3O2/c1-14-9-3-4-10(15-2)8(5-9)6-12-7-13-11/h3-5,12-13H,6-7,11H2,1-2H3. The largest absolute Gasteiger partial charge is 0.497 e. The lowest BCUT2D eigenvalue weighted by atomic mass is 10.2. The summed E-state index contributed by atoms with van der Waals surface area (Å²) in [5, 5.41) is 3.11. The zero-order valence-corrected chi connectivity index (χ0v) is 9.04. The zero-order valence-electron chi connectivity index (χ0n) is 9.04. The molecule has 0 saturated carbocycles. The predicted octanol–water partition coefficient (Wildman–Crippen LogP) is 0.214. The molecule has 0 spiro atoms. The third-order valence-corrected chi connectivity index (χ3v) is 2.03. The summed E-state index contributed by atoms with van der Waals surface area (Å²) < 4.78 is 10.4. The van der Waals surface area contributed by atoms with E-state index in [4.69, 9.17) is 15.3 Å². The Kier molecular flexibility index (Phi) is 4.89. The molecule has 1 aromatic rings. The van der Waals surface area contributed by atoms with Crippen LogP contribution in [0, 0.1) is 0 Å². The van der Waals surface area contributed by atoms with Gasteiger partial charge in [-0.05, 0) is 18.2 Å². The molecule has 0 aliphatic rings. The van der Waals surface area contributed by atoms with Crippen molar-refractivity contribution in [1.29, 1.82) is 0 Å². The smallest absolute Gasteiger partial charge is 0.123 e. The van der Waals surface area contributed by atoms with Gasteiger partial charge in [0.2, 0.25) is 0 Å². The van der Waals surface area contributed by atoms with E-state index >= 15 is 0 Å². The number of benzene rings is 1. The van der Waals surface area contributed by atoms with Crippen LogP contribution < -0.4 is 26.1 Å². The van der Waals surface area contributed by atoms with Gasteiger partial charge in [0.1, 0.15) is 11.5 Å². The molecule has 84 valence electrons. The van der Waals surface area contributed by atoms with E-state index in [1.165, 1.54) is 0 Å². The highest BCUT2D eigenvalue weighted by atomic mass is 16.5. The summed E-state index contributed by atoms with van der Waals surface area (Å²) in [5.41, 5.74) is 3.56. The van der Waals surface area contributed by atoms with Crippen molar-refractivity contribution in [3.05, 3.63) is 23.8 Å². The normalized spacial score (nSPS) is 10.1. The van der Waals surface area contributed by atoms with Crippen molar-refractivity contribution in [3.63, 3.8) is 0 Å². The van der Waals surface area contributed by atoms with E-state index in [9.17, 15) is 0 Å². The molecule has 0 radical (unpaired) electrons. The topological polar surface area (TPSA) is 68.5 Å². The molecule has 5 nitrogen and oxygen atoms in total. The molecule has 0 aromatic heterocycles. The van der Waals surface area contributed by atoms with E-state index < -0.39 is 0 Å². The molecule has 0 aliphatic carbocycles. The van der Waals surface area contributed by atoms with E-state index in [1.807, 2.05) is 18.2 Å². The summed E-state index contributed by atoms with van der Waals surface area (Å²) in [6.07, 6.45) is 0. The molecule has 0 amide bonds. The van der Waals surface area contributed by atoms with Crippen molar-refractivity contribution < 1.29 is 9.47 Å². The van der Waals surface area contributed by atoms with Crippen LogP contribution in [0.4, 0.5) is 0 Å². The Morgan fingerprint density at radius 2 is 2.07 bits per heavy atom. The second-order valence-electron chi connectivity index (χ2n) is 2.99. The van der Waals surface area contributed by atoms with E-state index in [-0.39, 0.29) is 0 Å². The molecular formula is C10H17N3O2. The van der Waals surface area contributed by atoms with Gasteiger partial charge in [-0.1, -0.05) is 0 Å². The van der Waals surface area contributed by atoms with Crippen LogP contribution in [0.5, 0.6) is 11.5 Å². The number of hydrazine groups is 1. The van der Waals surface area contributed by atoms with Gasteiger partial charge >= 0.3 is 0 Å². The monoisotopic (exact) mass is 211 g/mol. The number of rotatable bonds is 6. The van der Waals surface area contributed by atoms with Gasteiger partial charge in [-0.3, -0.25) is 11.2 Å². The summed E-state index contributed by atoms with van der Waals surface area (Å²) in [4.78, 5) is 0. The highest BCUT2D eigenvalue weighted by molar-refractivity contribution is 5.40. The van der Waals surface area contributed by atoms with Crippen LogP contribution in [-0.4, -0.2) is 20.9 Å². The van der Waals surface area contributed by atoms with E-state index in [0.29, 0.717) is 13.2 Å². The lowest BCUT2D eigenvalue weighted by Gasteiger charge is -2.11. The van der Waals surface area contributed by atoms with Crippen molar-refractivity contribution in [2.45, 2.75) is 6.54 Å². The Morgan fingerprint density at radius 1 is 1.27 bits per heavy atom. The maximum atomic E-state index is 5.23. The van der Waals surface area contributed by atoms with Crippen LogP contribution >= 0.6 is 0 Å². The van der Waals surface area contributed by atoms with E-state index in [1.54, 1.807) is 14.2 Å². The molecule has 0 heterocycles. The Bertz CT molecular complexity index is 305. The molecule has 0 fully saturated rings. The first-order valence-corrected chi connectivity index (χ1v) is 4.67. The van der Waals surface area contributed by atoms with Gasteiger partial charge in [0, 0.05) is 12.1 Å². The summed E-state index contributed by atoms with van der Waals surface area (Å²) in [6.45, 7) is 1.21. The minimum Gasteiger partial charge on any atom is -0.497 e. The fourth-order valence-electron chi connectivity index (χ4n) is 1.29. The summed E-state index contributed by atoms with van der Waals surface area (Å²) >= 11 is 0. The third kappa shape index (κ3) is 3.39. The molecule has 0 saturated heterocycles. The molecule has 1 rings (SSSR count). The van der Waals surface area contributed by atoms with Gasteiger partial charge in [-0.25, -0.2) is 5.43 Å². The number of methoxy groups -OCH3 is 2. The van der Waals surface area contributed by atoms with Gasteiger partial charge in [-0.15, -0.1) is 0 Å². The van der Waals surface area contributed by atoms with Crippen LogP contribution in [0.3, 0.4) is 0 Å². The average Bonchev–Trinajstić information content (AvgIpc) is 2.29. The molecule has 0 atom stereocenters. The van der Waals surface area contributed by atoms with Crippen molar-refractivity contribution >= 4 is 0 Å². The molecule has 15 heavy (non-hydrogen) atoms. The number of hydrogen-bond donors (Lipinski definition) is 3. The lowest BCUT2D eigenvalue weighted by molar-refractivity contribution is 0.396. The van der Waals surface area contributed by atoms with Crippen molar-refractivity contribution in [2.75, 3.05) is 20.9 Å². The first-order chi connectivity index (χ1) is 7.31. The quantitative estimate of drug-likeness (QED) is 0.272. The molecule has 4 N–H and O–H groups in total. The van der Waals surface area contributed by atoms with E-state index in [2.05, 4.69) is 10.7 Å². The fourth-order valence-corrected chi connectivity index (χ4v) is 1.29. The maximum Gasteiger partial charge on any atom is 0.123 e. The molecule has 5 heteroatoms. The minimum absolute atomic E-state index is 0.542. The van der Waals surface area contributed by atoms with Crippen LogP contribution in [0.25, 0.3) is 0 Å². The molecule has 0 aliphatic heterocycles. The van der Waals surface area contributed by atoms with Gasteiger partial charge in [0.05, 0.1) is 20.9 Å². The van der Waals surface area contributed by atoms with Crippen LogP contribution in [0.1, 0.15) is 5.56 Å². The first kappa shape index (κ1) is 11.8. The molecule has 1 aromatic carbocycles. The Labute approximate surface area is 89.5 Å². The fraction of sp³-hybridized carbons (Fsp3) is 0.400. The molecule has 0 unspecified atom stereocenters. The number of nitrogens with two attached hydrogens (primary N) is 1. The van der Waals surface area contributed by atoms with Crippen LogP contribution in [0.2, 0.25) is 0 Å². The number of hydrogen-bond acceptors (Lipinski definition) is 5. The summed E-state index contributed by atoms with van der Waals surface area (Å²) in [6, 6.07) is 5.68. The van der Waals surface area contributed by atoms with Crippen molar-refractivity contribution in [1.82, 2.24) is 10.7 Å². The highest BCUT2D eigenvalue weighted by Crippen LogP contribution is 2.23. The number of ether oxygens (including phenoxy) is 2. The van der Waals surface area contributed by atoms with Crippen LogP contribution in [0.15, 0.2) is 18.2 Å². The van der Waals surface area contributed by atoms with Gasteiger partial charge in [0.25, 0.3) is 0 Å². The average molecular weight is 211 g/mol. The highest BCUT2D eigenvalue weighted by Gasteiger charge is 2.03. The second-order valence-corrected chi connectivity index (χ2v) is 2.99. The first-order valence-electron chi connectivity index (χ1n) is 4.67. The third-order valence-electron chi connectivity index (χ3n) is 2.03. The second kappa shape index (κ2) is 6.23. The maximum absolute atomic E-state index is 5.23. The SMILES string of the molecule is COc1ccc(OC)c(CNCNN)c1. The van der Waals surface area contributed by atoms with Gasteiger partial charge in [0.15, 0.2) is 0 Å². The molecular weight excluding hydrogens is 194 g/mol. The number of nitrogens with one attached hydrogen (secondary N) is 2. The summed E-state index contributed by atoms with van der Waals surface area (Å²) in [7, 11) is 3.28. The van der Waals surface area contributed by atoms with Crippen LogP contribution in [-0.2, 0) is 6.54 Å². The minimum atomic E-state index is 0.542. The zero-order chi connectivity index (χ0) is 11.1. The van der Waals surface area contributed by atoms with Gasteiger partial charge < -0.3 is 9.47 Å². The van der Waals surface area contributed by atoms with Crippen molar-refractivity contribution in [3.8, 4) is 11.5 Å². The van der Waals surface area contributed by atoms with E-state index in [0.717, 1.165) is 17.1 Å². The Balaban J connectivity index is 2.72. The van der Waals surface area contributed by atoms with Gasteiger partial charge in [-0.2, -0.15) is 0 Å². The Hall–Kier alpha value is -1.30. The molecule has 0 bridgehead atoms. The Morgan fingerprint density at radius 3 is 2.67 bits per heavy atom. The summed E-state index contributed by atoms with van der Waals surface area (Å²) in [5.74, 6) is 6.80.